The van der Waals surface area contributed by atoms with E-state index in [9.17, 15) is 9.90 Å². The van der Waals surface area contributed by atoms with Crippen molar-refractivity contribution in [1.82, 2.24) is 9.47 Å². The molecule has 5 rings (SSSR count). The lowest BCUT2D eigenvalue weighted by Crippen LogP contribution is -2.50. The van der Waals surface area contributed by atoms with Gasteiger partial charge < -0.3 is 19.1 Å². The van der Waals surface area contributed by atoms with E-state index in [4.69, 9.17) is 21.1 Å². The molecule has 2 aromatic rings. The quantitative estimate of drug-likeness (QED) is 0.874. The van der Waals surface area contributed by atoms with Crippen molar-refractivity contribution in [2.75, 3.05) is 26.5 Å². The summed E-state index contributed by atoms with van der Waals surface area (Å²) in [5.41, 5.74) is 2.01. The van der Waals surface area contributed by atoms with Crippen LogP contribution in [0.1, 0.15) is 29.6 Å². The summed E-state index contributed by atoms with van der Waals surface area (Å²) in [5.74, 6) is 1.95. The number of aliphatic hydroxyl groups is 1. The highest BCUT2D eigenvalue weighted by Crippen LogP contribution is 2.42. The number of rotatable bonds is 3. The lowest BCUT2D eigenvalue weighted by molar-refractivity contribution is 0.0580. The molecule has 0 saturated carbocycles. The zero-order valence-corrected chi connectivity index (χ0v) is 15.6. The second kappa shape index (κ2) is 6.55. The van der Waals surface area contributed by atoms with Gasteiger partial charge in [-0.15, -0.1) is 0 Å². The number of ether oxygens (including phenoxy) is 2. The van der Waals surface area contributed by atoms with E-state index in [2.05, 4.69) is 4.90 Å². The summed E-state index contributed by atoms with van der Waals surface area (Å²) in [6, 6.07) is 9.02. The van der Waals surface area contributed by atoms with Gasteiger partial charge >= 0.3 is 0 Å². The normalized spacial score (nSPS) is 26.1. The molecule has 0 radical (unpaired) electrons. The maximum Gasteiger partial charge on any atom is 0.251 e. The highest BCUT2D eigenvalue weighted by molar-refractivity contribution is 6.31. The molecule has 3 atom stereocenters. The Balaban J connectivity index is 1.44. The molecule has 1 saturated heterocycles. The van der Waals surface area contributed by atoms with Crippen LogP contribution in [0, 0.1) is 5.92 Å². The minimum Gasteiger partial charge on any atom is -0.454 e. The van der Waals surface area contributed by atoms with Crippen molar-refractivity contribution in [3.05, 3.63) is 57.0 Å². The molecule has 0 unspecified atom stereocenters. The molecule has 3 aliphatic rings. The summed E-state index contributed by atoms with van der Waals surface area (Å²) in [7, 11) is 0. The molecule has 27 heavy (non-hydrogen) atoms. The molecule has 1 aromatic carbocycles. The zero-order valence-electron chi connectivity index (χ0n) is 14.8. The third kappa shape index (κ3) is 2.83. The molecule has 1 aromatic heterocycles. The molecule has 1 fully saturated rings. The van der Waals surface area contributed by atoms with Crippen LogP contribution < -0.4 is 15.0 Å². The number of likely N-dealkylation sites (tertiary alicyclic amines) is 1. The van der Waals surface area contributed by atoms with Crippen molar-refractivity contribution < 1.29 is 14.6 Å². The van der Waals surface area contributed by atoms with E-state index in [1.165, 1.54) is 0 Å². The number of aromatic nitrogens is 1. The van der Waals surface area contributed by atoms with E-state index in [0.717, 1.165) is 36.5 Å². The van der Waals surface area contributed by atoms with E-state index >= 15 is 0 Å². The predicted molar refractivity (Wildman–Crippen MR) is 101 cm³/mol. The molecule has 7 heteroatoms. The van der Waals surface area contributed by atoms with Gasteiger partial charge in [-0.3, -0.25) is 9.69 Å². The van der Waals surface area contributed by atoms with E-state index in [-0.39, 0.29) is 36.8 Å². The molecular formula is C20H21ClN2O4. The number of halogens is 1. The van der Waals surface area contributed by atoms with Crippen LogP contribution in [0.2, 0.25) is 5.02 Å². The van der Waals surface area contributed by atoms with Crippen LogP contribution in [0.5, 0.6) is 11.5 Å². The lowest BCUT2D eigenvalue weighted by Gasteiger charge is -2.46. The Morgan fingerprint density at radius 3 is 2.81 bits per heavy atom. The van der Waals surface area contributed by atoms with Gasteiger partial charge in [-0.2, -0.15) is 0 Å². The first-order valence-electron chi connectivity index (χ1n) is 9.26. The van der Waals surface area contributed by atoms with Crippen molar-refractivity contribution in [1.29, 1.82) is 0 Å². The van der Waals surface area contributed by atoms with Crippen molar-refractivity contribution in [2.24, 2.45) is 5.92 Å². The van der Waals surface area contributed by atoms with Crippen LogP contribution in [0.25, 0.3) is 0 Å². The highest BCUT2D eigenvalue weighted by atomic mass is 35.5. The second-order valence-electron chi connectivity index (χ2n) is 7.59. The predicted octanol–water partition coefficient (Wildman–Crippen LogP) is 2.38. The number of fused-ring (bicyclic) bond motifs is 5. The van der Waals surface area contributed by atoms with Gasteiger partial charge in [-0.05, 0) is 30.0 Å². The SMILES string of the molecule is O=c1cccc2n1[C@@H](CO)[C@H]1C[C@@H]2CN(Cc2cc3c(cc2Cl)OCO3)C1. The largest absolute Gasteiger partial charge is 0.454 e. The van der Waals surface area contributed by atoms with Crippen LogP contribution in [0.3, 0.4) is 0 Å². The Hall–Kier alpha value is -2.02. The van der Waals surface area contributed by atoms with Gasteiger partial charge in [0, 0.05) is 48.4 Å². The molecule has 0 spiro atoms. The molecule has 0 aliphatic carbocycles. The lowest BCUT2D eigenvalue weighted by atomic mass is 9.78. The maximum atomic E-state index is 12.4. The molecule has 142 valence electrons. The van der Waals surface area contributed by atoms with Gasteiger partial charge in [0.1, 0.15) is 0 Å². The van der Waals surface area contributed by atoms with Crippen LogP contribution in [0.15, 0.2) is 35.1 Å². The smallest absolute Gasteiger partial charge is 0.251 e. The molecule has 1 N–H and O–H groups in total. The topological polar surface area (TPSA) is 63.9 Å². The number of nitrogens with zero attached hydrogens (tertiary/aromatic N) is 2. The summed E-state index contributed by atoms with van der Waals surface area (Å²) < 4.78 is 12.7. The molecule has 2 bridgehead atoms. The maximum absolute atomic E-state index is 12.4. The first-order chi connectivity index (χ1) is 13.1. The van der Waals surface area contributed by atoms with Crippen LogP contribution in [0.4, 0.5) is 0 Å². The van der Waals surface area contributed by atoms with E-state index in [1.54, 1.807) is 6.07 Å². The molecule has 0 amide bonds. The van der Waals surface area contributed by atoms with Crippen molar-refractivity contribution in [2.45, 2.75) is 24.9 Å². The fraction of sp³-hybridized carbons (Fsp3) is 0.450. The third-order valence-corrected chi connectivity index (χ3v) is 6.35. The van der Waals surface area contributed by atoms with E-state index in [1.807, 2.05) is 28.8 Å². The van der Waals surface area contributed by atoms with Crippen LogP contribution >= 0.6 is 11.6 Å². The van der Waals surface area contributed by atoms with E-state index in [0.29, 0.717) is 17.3 Å². The molecule has 3 aliphatic heterocycles. The summed E-state index contributed by atoms with van der Waals surface area (Å²) in [4.78, 5) is 14.8. The minimum atomic E-state index is -0.167. The number of hydrogen-bond acceptors (Lipinski definition) is 5. The average molecular weight is 389 g/mol. The molecule has 6 nitrogen and oxygen atoms in total. The first kappa shape index (κ1) is 17.1. The van der Waals surface area contributed by atoms with Gasteiger partial charge in [0.05, 0.1) is 12.6 Å². The summed E-state index contributed by atoms with van der Waals surface area (Å²) in [5, 5.41) is 10.6. The number of pyridine rings is 1. The average Bonchev–Trinajstić information content (AvgIpc) is 3.10. The number of benzene rings is 1. The fourth-order valence-corrected chi connectivity index (χ4v) is 5.04. The number of piperidine rings is 1. The van der Waals surface area contributed by atoms with E-state index < -0.39 is 0 Å². The van der Waals surface area contributed by atoms with Crippen molar-refractivity contribution in [3.63, 3.8) is 0 Å². The van der Waals surface area contributed by atoms with Gasteiger partial charge in [0.2, 0.25) is 6.79 Å². The Bertz CT molecular complexity index is 944. The fourth-order valence-electron chi connectivity index (χ4n) is 4.82. The van der Waals surface area contributed by atoms with Gasteiger partial charge in [-0.25, -0.2) is 0 Å². The Morgan fingerprint density at radius 1 is 1.19 bits per heavy atom. The third-order valence-electron chi connectivity index (χ3n) is 6.00. The minimum absolute atomic E-state index is 0.0199. The monoisotopic (exact) mass is 388 g/mol. The summed E-state index contributed by atoms with van der Waals surface area (Å²) in [6.45, 7) is 2.60. The number of hydrogen-bond donors (Lipinski definition) is 1. The summed E-state index contributed by atoms with van der Waals surface area (Å²) in [6.07, 6.45) is 1.00. The Labute approximate surface area is 161 Å². The Morgan fingerprint density at radius 2 is 2.00 bits per heavy atom. The molecule has 4 heterocycles. The number of aliphatic hydroxyl groups excluding tert-OH is 1. The van der Waals surface area contributed by atoms with Gasteiger partial charge in [-0.1, -0.05) is 17.7 Å². The standard InChI is InChI=1S/C20H21ClN2O4/c21-15-6-19-18(26-11-27-19)5-12(15)7-22-8-13-4-14(9-22)17(10-24)23-16(13)2-1-3-20(23)25/h1-3,5-6,13-14,17,24H,4,7-11H2/t13-,14+,17+/m1/s1. The second-order valence-corrected chi connectivity index (χ2v) is 8.00. The van der Waals surface area contributed by atoms with Crippen molar-refractivity contribution >= 4 is 11.6 Å². The van der Waals surface area contributed by atoms with Crippen molar-refractivity contribution in [3.8, 4) is 11.5 Å². The highest BCUT2D eigenvalue weighted by Gasteiger charge is 2.40. The summed E-state index contributed by atoms with van der Waals surface area (Å²) >= 11 is 6.46. The van der Waals surface area contributed by atoms with Gasteiger partial charge in [0.15, 0.2) is 11.5 Å². The Kier molecular flexibility index (Phi) is 4.15. The zero-order chi connectivity index (χ0) is 18.5. The molecular weight excluding hydrogens is 368 g/mol. The first-order valence-corrected chi connectivity index (χ1v) is 9.64. The van der Waals surface area contributed by atoms with Crippen LogP contribution in [-0.2, 0) is 6.54 Å². The van der Waals surface area contributed by atoms with Crippen LogP contribution in [-0.4, -0.2) is 41.1 Å². The van der Waals surface area contributed by atoms with Gasteiger partial charge in [0.25, 0.3) is 5.56 Å².